The fraction of sp³-hybridized carbons (Fsp3) is 0.444. The van der Waals surface area contributed by atoms with Crippen molar-refractivity contribution in [3.63, 3.8) is 0 Å². The molecular formula is C36H47N5O3. The van der Waals surface area contributed by atoms with Gasteiger partial charge in [-0.1, -0.05) is 72.8 Å². The van der Waals surface area contributed by atoms with Crippen LogP contribution >= 0.6 is 0 Å². The number of ether oxygens (including phenoxy) is 1. The van der Waals surface area contributed by atoms with Gasteiger partial charge in [0, 0.05) is 71.4 Å². The topological polar surface area (TPSA) is 77.2 Å². The zero-order valence-electron chi connectivity index (χ0n) is 26.0. The van der Waals surface area contributed by atoms with Crippen LogP contribution in [0, 0.1) is 0 Å². The molecule has 8 heteroatoms. The number of rotatable bonds is 11. The van der Waals surface area contributed by atoms with Gasteiger partial charge < -0.3 is 19.9 Å². The second kappa shape index (κ2) is 16.4. The SMILES string of the molecule is CC(=O)N1CCCN(Cc2ccc(CCNCCN3CCC(OC(=O)Nc4ccccc4-c4ccccc4)CC3)cc2)CC1. The van der Waals surface area contributed by atoms with Crippen molar-refractivity contribution in [2.45, 2.75) is 45.3 Å². The number of amides is 2. The molecule has 0 unspecified atom stereocenters. The van der Waals surface area contributed by atoms with Crippen molar-refractivity contribution in [3.05, 3.63) is 90.0 Å². The van der Waals surface area contributed by atoms with Crippen molar-refractivity contribution < 1.29 is 14.3 Å². The van der Waals surface area contributed by atoms with Crippen LogP contribution in [0.15, 0.2) is 78.9 Å². The number of anilines is 1. The molecule has 0 aliphatic carbocycles. The molecule has 0 atom stereocenters. The highest BCUT2D eigenvalue weighted by Crippen LogP contribution is 2.28. The van der Waals surface area contributed by atoms with Gasteiger partial charge in [0.25, 0.3) is 0 Å². The summed E-state index contributed by atoms with van der Waals surface area (Å²) in [5.74, 6) is 0.183. The Bertz CT molecular complexity index is 1330. The van der Waals surface area contributed by atoms with Gasteiger partial charge in [-0.2, -0.15) is 0 Å². The summed E-state index contributed by atoms with van der Waals surface area (Å²) in [6.45, 7) is 11.1. The molecule has 3 aromatic rings. The Labute approximate surface area is 262 Å². The Morgan fingerprint density at radius 2 is 1.50 bits per heavy atom. The first-order valence-electron chi connectivity index (χ1n) is 16.1. The van der Waals surface area contributed by atoms with E-state index in [-0.39, 0.29) is 18.1 Å². The highest BCUT2D eigenvalue weighted by atomic mass is 16.6. The molecular weight excluding hydrogens is 550 g/mol. The van der Waals surface area contributed by atoms with Crippen LogP contribution in [0.5, 0.6) is 0 Å². The predicted octanol–water partition coefficient (Wildman–Crippen LogP) is 5.25. The monoisotopic (exact) mass is 597 g/mol. The summed E-state index contributed by atoms with van der Waals surface area (Å²) < 4.78 is 5.79. The molecule has 0 radical (unpaired) electrons. The second-order valence-corrected chi connectivity index (χ2v) is 11.9. The number of piperidine rings is 1. The first-order valence-corrected chi connectivity index (χ1v) is 16.1. The number of carbonyl (C=O) groups excluding carboxylic acids is 2. The van der Waals surface area contributed by atoms with Crippen LogP contribution in [0.4, 0.5) is 10.5 Å². The Morgan fingerprint density at radius 1 is 0.773 bits per heavy atom. The molecule has 2 heterocycles. The molecule has 0 bridgehead atoms. The van der Waals surface area contributed by atoms with Gasteiger partial charge >= 0.3 is 6.09 Å². The van der Waals surface area contributed by atoms with Crippen LogP contribution in [0.1, 0.15) is 37.3 Å². The molecule has 2 amide bonds. The largest absolute Gasteiger partial charge is 0.446 e. The predicted molar refractivity (Wildman–Crippen MR) is 177 cm³/mol. The average Bonchev–Trinajstić information content (AvgIpc) is 3.29. The maximum Gasteiger partial charge on any atom is 0.411 e. The lowest BCUT2D eigenvalue weighted by Crippen LogP contribution is -2.41. The second-order valence-electron chi connectivity index (χ2n) is 11.9. The van der Waals surface area contributed by atoms with Crippen LogP contribution < -0.4 is 10.6 Å². The molecule has 0 spiro atoms. The fourth-order valence-electron chi connectivity index (χ4n) is 6.11. The quantitative estimate of drug-likeness (QED) is 0.294. The minimum Gasteiger partial charge on any atom is -0.446 e. The molecule has 0 aromatic heterocycles. The number of nitrogens with one attached hydrogen (secondary N) is 2. The first-order chi connectivity index (χ1) is 21.5. The summed E-state index contributed by atoms with van der Waals surface area (Å²) in [7, 11) is 0. The molecule has 3 aromatic carbocycles. The van der Waals surface area contributed by atoms with Gasteiger partial charge in [0.15, 0.2) is 0 Å². The zero-order valence-corrected chi connectivity index (χ0v) is 26.0. The molecule has 44 heavy (non-hydrogen) atoms. The van der Waals surface area contributed by atoms with Crippen molar-refractivity contribution in [2.24, 2.45) is 0 Å². The minimum atomic E-state index is -0.385. The molecule has 5 rings (SSSR count). The smallest absolute Gasteiger partial charge is 0.411 e. The number of para-hydroxylation sites is 1. The summed E-state index contributed by atoms with van der Waals surface area (Å²) in [6, 6.07) is 26.9. The number of carbonyl (C=O) groups is 2. The number of benzene rings is 3. The zero-order chi connectivity index (χ0) is 30.6. The van der Waals surface area contributed by atoms with Gasteiger partial charge in [-0.05, 0) is 55.0 Å². The summed E-state index contributed by atoms with van der Waals surface area (Å²) in [5, 5.41) is 6.55. The minimum absolute atomic E-state index is 0.0549. The molecule has 8 nitrogen and oxygen atoms in total. The van der Waals surface area contributed by atoms with Gasteiger partial charge in [-0.3, -0.25) is 15.0 Å². The van der Waals surface area contributed by atoms with E-state index in [2.05, 4.69) is 44.7 Å². The van der Waals surface area contributed by atoms with Gasteiger partial charge in [0.1, 0.15) is 6.10 Å². The number of hydrogen-bond donors (Lipinski definition) is 2. The van der Waals surface area contributed by atoms with Gasteiger partial charge in [-0.15, -0.1) is 0 Å². The van der Waals surface area contributed by atoms with Crippen LogP contribution in [-0.2, 0) is 22.5 Å². The fourth-order valence-corrected chi connectivity index (χ4v) is 6.11. The highest BCUT2D eigenvalue weighted by molar-refractivity contribution is 5.91. The van der Waals surface area contributed by atoms with Crippen molar-refractivity contribution in [1.82, 2.24) is 20.0 Å². The van der Waals surface area contributed by atoms with Gasteiger partial charge in [0.05, 0.1) is 5.69 Å². The standard InChI is InChI=1S/C36H47N5O3/c1-29(42)41-22-7-21-40(26-27-41)28-31-14-12-30(13-15-31)16-19-37-20-25-39-23-17-33(18-24-39)44-36(43)38-35-11-6-5-10-34(35)32-8-3-2-4-9-32/h2-6,8-15,33,37H,7,16-28H2,1H3,(H,38,43). The van der Waals surface area contributed by atoms with E-state index < -0.39 is 0 Å². The molecule has 2 aliphatic heterocycles. The highest BCUT2D eigenvalue weighted by Gasteiger charge is 2.22. The van der Waals surface area contributed by atoms with E-state index >= 15 is 0 Å². The molecule has 2 N–H and O–H groups in total. The first kappa shape index (κ1) is 31.7. The Morgan fingerprint density at radius 3 is 2.27 bits per heavy atom. The van der Waals surface area contributed by atoms with E-state index in [1.807, 2.05) is 59.5 Å². The maximum absolute atomic E-state index is 12.7. The Balaban J connectivity index is 0.941. The molecule has 2 aliphatic rings. The summed E-state index contributed by atoms with van der Waals surface area (Å²) >= 11 is 0. The lowest BCUT2D eigenvalue weighted by Gasteiger charge is -2.31. The lowest BCUT2D eigenvalue weighted by atomic mass is 10.0. The Hall–Kier alpha value is -3.72. The number of hydrogen-bond acceptors (Lipinski definition) is 6. The Kier molecular flexibility index (Phi) is 11.8. The van der Waals surface area contributed by atoms with E-state index in [0.29, 0.717) is 0 Å². The van der Waals surface area contributed by atoms with Crippen LogP contribution in [0.2, 0.25) is 0 Å². The third-order valence-corrected chi connectivity index (χ3v) is 8.72. The van der Waals surface area contributed by atoms with E-state index in [0.717, 1.165) is 108 Å². The number of likely N-dealkylation sites (tertiary alicyclic amines) is 1. The molecule has 2 fully saturated rings. The maximum atomic E-state index is 12.7. The van der Waals surface area contributed by atoms with Gasteiger partial charge in [-0.25, -0.2) is 4.79 Å². The average molecular weight is 598 g/mol. The normalized spacial score (nSPS) is 16.8. The summed E-state index contributed by atoms with van der Waals surface area (Å²) in [6.07, 6.45) is 3.32. The molecule has 234 valence electrons. The summed E-state index contributed by atoms with van der Waals surface area (Å²) in [5.41, 5.74) is 5.49. The van der Waals surface area contributed by atoms with Crippen LogP contribution in [-0.4, -0.2) is 91.7 Å². The van der Waals surface area contributed by atoms with Gasteiger partial charge in [0.2, 0.25) is 5.91 Å². The third kappa shape index (κ3) is 9.64. The summed E-state index contributed by atoms with van der Waals surface area (Å²) in [4.78, 5) is 31.2. The van der Waals surface area contributed by atoms with Crippen molar-refractivity contribution in [3.8, 4) is 11.1 Å². The van der Waals surface area contributed by atoms with Crippen molar-refractivity contribution in [2.75, 3.05) is 64.2 Å². The van der Waals surface area contributed by atoms with E-state index in [9.17, 15) is 9.59 Å². The van der Waals surface area contributed by atoms with E-state index in [4.69, 9.17) is 4.74 Å². The van der Waals surface area contributed by atoms with E-state index in [1.54, 1.807) is 6.92 Å². The molecule has 2 saturated heterocycles. The van der Waals surface area contributed by atoms with Crippen LogP contribution in [0.25, 0.3) is 11.1 Å². The third-order valence-electron chi connectivity index (χ3n) is 8.72. The lowest BCUT2D eigenvalue weighted by molar-refractivity contribution is -0.128. The van der Waals surface area contributed by atoms with Crippen LogP contribution in [0.3, 0.4) is 0 Å². The van der Waals surface area contributed by atoms with E-state index in [1.165, 1.54) is 11.1 Å². The van der Waals surface area contributed by atoms with Crippen molar-refractivity contribution in [1.29, 1.82) is 0 Å². The molecule has 0 saturated carbocycles. The van der Waals surface area contributed by atoms with Crippen molar-refractivity contribution >= 4 is 17.7 Å². The number of nitrogens with zero attached hydrogens (tertiary/aromatic N) is 3.